The minimum Gasteiger partial charge on any atom is -0.390 e. The van der Waals surface area contributed by atoms with E-state index in [-0.39, 0.29) is 12.4 Å². The van der Waals surface area contributed by atoms with E-state index in [9.17, 15) is 9.50 Å². The van der Waals surface area contributed by atoms with E-state index in [1.54, 1.807) is 22.9 Å². The van der Waals surface area contributed by atoms with E-state index in [0.717, 1.165) is 19.3 Å². The van der Waals surface area contributed by atoms with Gasteiger partial charge in [0.05, 0.1) is 12.3 Å². The van der Waals surface area contributed by atoms with E-state index in [1.165, 1.54) is 6.07 Å². The van der Waals surface area contributed by atoms with E-state index in [2.05, 4.69) is 17.2 Å². The fourth-order valence-corrected chi connectivity index (χ4v) is 2.07. The van der Waals surface area contributed by atoms with Crippen molar-refractivity contribution in [1.29, 1.82) is 0 Å². The molecule has 0 aliphatic heterocycles. The predicted octanol–water partition coefficient (Wildman–Crippen LogP) is 2.77. The Labute approximate surface area is 111 Å². The number of nitrogens with zero attached hydrogens (tertiary/aromatic N) is 3. The van der Waals surface area contributed by atoms with Crippen LogP contribution in [0.25, 0.3) is 11.3 Å². The SMILES string of the molecule is CCCCCn1nnc(CO)c1-c1ccccc1F. The Kier molecular flexibility index (Phi) is 4.63. The third-order valence-corrected chi connectivity index (χ3v) is 3.06. The van der Waals surface area contributed by atoms with Gasteiger partial charge in [-0.15, -0.1) is 5.10 Å². The molecule has 0 aliphatic carbocycles. The van der Waals surface area contributed by atoms with Crippen molar-refractivity contribution in [3.8, 4) is 11.3 Å². The Morgan fingerprint density at radius 1 is 1.26 bits per heavy atom. The van der Waals surface area contributed by atoms with Gasteiger partial charge in [0, 0.05) is 12.1 Å². The molecule has 0 radical (unpaired) electrons. The van der Waals surface area contributed by atoms with Gasteiger partial charge >= 0.3 is 0 Å². The van der Waals surface area contributed by atoms with Crippen molar-refractivity contribution in [2.75, 3.05) is 0 Å². The molecule has 0 bridgehead atoms. The molecule has 0 saturated carbocycles. The molecule has 2 rings (SSSR count). The molecule has 1 aromatic heterocycles. The van der Waals surface area contributed by atoms with Crippen LogP contribution in [-0.2, 0) is 13.2 Å². The molecule has 102 valence electrons. The van der Waals surface area contributed by atoms with Crippen molar-refractivity contribution >= 4 is 0 Å². The Hall–Kier alpha value is -1.75. The van der Waals surface area contributed by atoms with Gasteiger partial charge in [0.2, 0.25) is 0 Å². The molecule has 0 atom stereocenters. The second-order valence-corrected chi connectivity index (χ2v) is 4.45. The molecule has 5 heteroatoms. The summed E-state index contributed by atoms with van der Waals surface area (Å²) in [5, 5.41) is 17.3. The van der Waals surface area contributed by atoms with Crippen LogP contribution >= 0.6 is 0 Å². The molecule has 1 heterocycles. The van der Waals surface area contributed by atoms with Crippen molar-refractivity contribution < 1.29 is 9.50 Å². The third kappa shape index (κ3) is 2.98. The summed E-state index contributed by atoms with van der Waals surface area (Å²) in [4.78, 5) is 0. The fourth-order valence-electron chi connectivity index (χ4n) is 2.07. The molecule has 0 amide bonds. The van der Waals surface area contributed by atoms with E-state index in [1.807, 2.05) is 0 Å². The van der Waals surface area contributed by atoms with Crippen molar-refractivity contribution in [3.05, 3.63) is 35.8 Å². The van der Waals surface area contributed by atoms with Crippen molar-refractivity contribution in [1.82, 2.24) is 15.0 Å². The van der Waals surface area contributed by atoms with Crippen LogP contribution in [0.15, 0.2) is 24.3 Å². The molecule has 4 nitrogen and oxygen atoms in total. The first-order valence-corrected chi connectivity index (χ1v) is 6.56. The normalized spacial score (nSPS) is 10.9. The van der Waals surface area contributed by atoms with Gasteiger partial charge in [0.25, 0.3) is 0 Å². The van der Waals surface area contributed by atoms with Gasteiger partial charge in [-0.05, 0) is 18.6 Å². The first-order chi connectivity index (χ1) is 9.27. The largest absolute Gasteiger partial charge is 0.390 e. The van der Waals surface area contributed by atoms with E-state index in [4.69, 9.17) is 0 Å². The summed E-state index contributed by atoms with van der Waals surface area (Å²) in [5.74, 6) is -0.323. The number of aromatic nitrogens is 3. The number of benzene rings is 1. The maximum absolute atomic E-state index is 13.9. The highest BCUT2D eigenvalue weighted by Gasteiger charge is 2.16. The summed E-state index contributed by atoms with van der Waals surface area (Å²) in [6.45, 7) is 2.57. The first kappa shape index (κ1) is 13.7. The molecule has 19 heavy (non-hydrogen) atoms. The Morgan fingerprint density at radius 3 is 2.74 bits per heavy atom. The number of hydrogen-bond acceptors (Lipinski definition) is 3. The quantitative estimate of drug-likeness (QED) is 0.815. The summed E-state index contributed by atoms with van der Waals surface area (Å²) >= 11 is 0. The highest BCUT2D eigenvalue weighted by Crippen LogP contribution is 2.25. The predicted molar refractivity (Wildman–Crippen MR) is 70.9 cm³/mol. The number of aryl methyl sites for hydroxylation is 1. The van der Waals surface area contributed by atoms with Gasteiger partial charge in [-0.1, -0.05) is 37.1 Å². The molecular formula is C14H18FN3O. The van der Waals surface area contributed by atoms with Gasteiger partial charge in [-0.25, -0.2) is 9.07 Å². The molecule has 0 unspecified atom stereocenters. The lowest BCUT2D eigenvalue weighted by molar-refractivity contribution is 0.277. The Balaban J connectivity index is 2.36. The molecule has 0 spiro atoms. The van der Waals surface area contributed by atoms with Gasteiger partial charge < -0.3 is 5.11 Å². The van der Waals surface area contributed by atoms with Gasteiger partial charge in [0.15, 0.2) is 0 Å². The highest BCUT2D eigenvalue weighted by atomic mass is 19.1. The summed E-state index contributed by atoms with van der Waals surface area (Å²) < 4.78 is 15.6. The second kappa shape index (κ2) is 6.43. The molecule has 0 aliphatic rings. The fraction of sp³-hybridized carbons (Fsp3) is 0.429. The monoisotopic (exact) mass is 263 g/mol. The van der Waals surface area contributed by atoms with Crippen molar-refractivity contribution in [2.45, 2.75) is 39.3 Å². The van der Waals surface area contributed by atoms with Gasteiger partial charge in [-0.3, -0.25) is 0 Å². The summed E-state index contributed by atoms with van der Waals surface area (Å²) in [7, 11) is 0. The summed E-state index contributed by atoms with van der Waals surface area (Å²) in [6, 6.07) is 6.50. The Morgan fingerprint density at radius 2 is 2.05 bits per heavy atom. The minimum atomic E-state index is -0.323. The van der Waals surface area contributed by atoms with Crippen LogP contribution in [0.4, 0.5) is 4.39 Å². The number of aliphatic hydroxyl groups is 1. The van der Waals surface area contributed by atoms with Gasteiger partial charge in [-0.2, -0.15) is 0 Å². The summed E-state index contributed by atoms with van der Waals surface area (Å²) in [5.41, 5.74) is 1.44. The summed E-state index contributed by atoms with van der Waals surface area (Å²) in [6.07, 6.45) is 3.16. The molecule has 1 N–H and O–H groups in total. The second-order valence-electron chi connectivity index (χ2n) is 4.45. The zero-order valence-corrected chi connectivity index (χ0v) is 11.0. The van der Waals surface area contributed by atoms with Crippen LogP contribution in [0.1, 0.15) is 31.9 Å². The van der Waals surface area contributed by atoms with Crippen LogP contribution in [-0.4, -0.2) is 20.1 Å². The van der Waals surface area contributed by atoms with Crippen LogP contribution in [0.5, 0.6) is 0 Å². The average molecular weight is 263 g/mol. The maximum atomic E-state index is 13.9. The molecule has 0 saturated heterocycles. The zero-order chi connectivity index (χ0) is 13.7. The smallest absolute Gasteiger partial charge is 0.132 e. The molecule has 2 aromatic rings. The number of aliphatic hydroxyl groups excluding tert-OH is 1. The topological polar surface area (TPSA) is 50.9 Å². The van der Waals surface area contributed by atoms with E-state index in [0.29, 0.717) is 23.5 Å². The number of unbranched alkanes of at least 4 members (excludes halogenated alkanes) is 2. The zero-order valence-electron chi connectivity index (χ0n) is 11.0. The van der Waals surface area contributed by atoms with Crippen molar-refractivity contribution in [2.24, 2.45) is 0 Å². The molecule has 1 aromatic carbocycles. The Bertz CT molecular complexity index is 539. The van der Waals surface area contributed by atoms with Crippen LogP contribution in [0.3, 0.4) is 0 Å². The standard InChI is InChI=1S/C14H18FN3O/c1-2-3-6-9-18-14(13(10-19)16-17-18)11-7-4-5-8-12(11)15/h4-5,7-8,19H,2-3,6,9-10H2,1H3. The first-order valence-electron chi connectivity index (χ1n) is 6.56. The number of hydrogen-bond donors (Lipinski definition) is 1. The lowest BCUT2D eigenvalue weighted by atomic mass is 10.1. The van der Waals surface area contributed by atoms with Gasteiger partial charge in [0.1, 0.15) is 11.5 Å². The number of rotatable bonds is 6. The van der Waals surface area contributed by atoms with Crippen molar-refractivity contribution in [3.63, 3.8) is 0 Å². The number of halogens is 1. The molecule has 0 fully saturated rings. The average Bonchev–Trinajstić information content (AvgIpc) is 2.82. The van der Waals surface area contributed by atoms with Crippen LogP contribution < -0.4 is 0 Å². The minimum absolute atomic E-state index is 0.239. The lowest BCUT2D eigenvalue weighted by Crippen LogP contribution is -2.04. The third-order valence-electron chi connectivity index (χ3n) is 3.06. The van der Waals surface area contributed by atoms with Crippen LogP contribution in [0, 0.1) is 5.82 Å². The van der Waals surface area contributed by atoms with E-state index < -0.39 is 0 Å². The van der Waals surface area contributed by atoms with E-state index >= 15 is 0 Å². The van der Waals surface area contributed by atoms with Crippen LogP contribution in [0.2, 0.25) is 0 Å². The highest BCUT2D eigenvalue weighted by molar-refractivity contribution is 5.62. The molecular weight excluding hydrogens is 245 g/mol. The lowest BCUT2D eigenvalue weighted by Gasteiger charge is -2.08. The maximum Gasteiger partial charge on any atom is 0.132 e.